The Balaban J connectivity index is 1.71. The van der Waals surface area contributed by atoms with E-state index < -0.39 is 0 Å². The van der Waals surface area contributed by atoms with E-state index in [2.05, 4.69) is 29.5 Å². The number of aryl methyl sites for hydroxylation is 1. The molecule has 16 heavy (non-hydrogen) atoms. The molecule has 0 radical (unpaired) electrons. The smallest absolute Gasteiger partial charge is 0.0940 e. The minimum absolute atomic E-state index is 0.745. The lowest BCUT2D eigenvalue weighted by atomic mass is 9.86. The molecule has 0 amide bonds. The molecule has 1 aliphatic rings. The van der Waals surface area contributed by atoms with Gasteiger partial charge < -0.3 is 5.32 Å². The van der Waals surface area contributed by atoms with E-state index >= 15 is 0 Å². The quantitative estimate of drug-likeness (QED) is 0.871. The normalized spacial score (nSPS) is 25.9. The van der Waals surface area contributed by atoms with E-state index in [1.807, 2.05) is 0 Å². The molecule has 1 saturated carbocycles. The summed E-state index contributed by atoms with van der Waals surface area (Å²) in [6.45, 7) is 5.53. The SMILES string of the molecule is Cc1csc(CCNC2CCCCC2C)n1. The van der Waals surface area contributed by atoms with Gasteiger partial charge in [0.1, 0.15) is 0 Å². The van der Waals surface area contributed by atoms with Gasteiger partial charge in [0.05, 0.1) is 5.01 Å². The van der Waals surface area contributed by atoms with Gasteiger partial charge in [0.25, 0.3) is 0 Å². The van der Waals surface area contributed by atoms with Crippen LogP contribution >= 0.6 is 11.3 Å². The zero-order chi connectivity index (χ0) is 11.4. The van der Waals surface area contributed by atoms with Crippen molar-refractivity contribution >= 4 is 11.3 Å². The van der Waals surface area contributed by atoms with Gasteiger partial charge in [-0.3, -0.25) is 0 Å². The van der Waals surface area contributed by atoms with E-state index in [4.69, 9.17) is 0 Å². The van der Waals surface area contributed by atoms with Crippen LogP contribution in [0.1, 0.15) is 43.3 Å². The third-order valence-corrected chi connectivity index (χ3v) is 4.55. The summed E-state index contributed by atoms with van der Waals surface area (Å²) in [5.74, 6) is 0.854. The fraction of sp³-hybridized carbons (Fsp3) is 0.769. The Morgan fingerprint density at radius 3 is 2.94 bits per heavy atom. The summed E-state index contributed by atoms with van der Waals surface area (Å²) >= 11 is 1.79. The summed E-state index contributed by atoms with van der Waals surface area (Å²) in [7, 11) is 0. The van der Waals surface area contributed by atoms with Crippen LogP contribution in [-0.4, -0.2) is 17.6 Å². The van der Waals surface area contributed by atoms with E-state index in [1.165, 1.54) is 30.7 Å². The first-order chi connectivity index (χ1) is 7.75. The van der Waals surface area contributed by atoms with Gasteiger partial charge in [-0.05, 0) is 25.7 Å². The minimum atomic E-state index is 0.745. The second kappa shape index (κ2) is 5.78. The Kier molecular flexibility index (Phi) is 4.36. The molecule has 0 bridgehead atoms. The van der Waals surface area contributed by atoms with Crippen LogP contribution in [0, 0.1) is 12.8 Å². The number of nitrogens with zero attached hydrogens (tertiary/aromatic N) is 1. The molecular weight excluding hydrogens is 216 g/mol. The Morgan fingerprint density at radius 1 is 1.44 bits per heavy atom. The highest BCUT2D eigenvalue weighted by molar-refractivity contribution is 7.09. The van der Waals surface area contributed by atoms with Gasteiger partial charge in [0, 0.05) is 30.1 Å². The van der Waals surface area contributed by atoms with Crippen molar-refractivity contribution in [2.75, 3.05) is 6.54 Å². The molecule has 1 N–H and O–H groups in total. The molecule has 0 saturated heterocycles. The highest BCUT2D eigenvalue weighted by Crippen LogP contribution is 2.23. The lowest BCUT2D eigenvalue weighted by Gasteiger charge is -2.29. The zero-order valence-corrected chi connectivity index (χ0v) is 11.1. The summed E-state index contributed by atoms with van der Waals surface area (Å²) < 4.78 is 0. The van der Waals surface area contributed by atoms with E-state index in [1.54, 1.807) is 11.3 Å². The number of hydrogen-bond donors (Lipinski definition) is 1. The first-order valence-electron chi connectivity index (χ1n) is 6.40. The van der Waals surface area contributed by atoms with Gasteiger partial charge in [0.15, 0.2) is 0 Å². The Morgan fingerprint density at radius 2 is 2.25 bits per heavy atom. The van der Waals surface area contributed by atoms with Crippen LogP contribution in [0.4, 0.5) is 0 Å². The monoisotopic (exact) mass is 238 g/mol. The van der Waals surface area contributed by atoms with Crippen LogP contribution in [0.15, 0.2) is 5.38 Å². The highest BCUT2D eigenvalue weighted by atomic mass is 32.1. The molecule has 2 rings (SSSR count). The van der Waals surface area contributed by atoms with Gasteiger partial charge in [-0.25, -0.2) is 4.98 Å². The number of thiazole rings is 1. The molecular formula is C13H22N2S. The predicted octanol–water partition coefficient (Wildman–Crippen LogP) is 3.16. The molecule has 0 aromatic carbocycles. The maximum atomic E-state index is 4.49. The largest absolute Gasteiger partial charge is 0.313 e. The molecule has 1 heterocycles. The fourth-order valence-corrected chi connectivity index (χ4v) is 3.28. The van der Waals surface area contributed by atoms with Crippen molar-refractivity contribution in [1.29, 1.82) is 0 Å². The van der Waals surface area contributed by atoms with Crippen molar-refractivity contribution in [2.45, 2.75) is 52.0 Å². The molecule has 2 nitrogen and oxygen atoms in total. The molecule has 1 aliphatic carbocycles. The summed E-state index contributed by atoms with van der Waals surface area (Å²) in [6.07, 6.45) is 6.66. The molecule has 1 aromatic rings. The molecule has 90 valence electrons. The Hall–Kier alpha value is -0.410. The number of aromatic nitrogens is 1. The number of nitrogens with one attached hydrogen (secondary N) is 1. The topological polar surface area (TPSA) is 24.9 Å². The van der Waals surface area contributed by atoms with E-state index in [0.29, 0.717) is 0 Å². The number of hydrogen-bond acceptors (Lipinski definition) is 3. The summed E-state index contributed by atoms with van der Waals surface area (Å²) in [5, 5.41) is 7.10. The Labute approximate surface area is 102 Å². The van der Waals surface area contributed by atoms with Crippen molar-refractivity contribution in [3.05, 3.63) is 16.1 Å². The lowest BCUT2D eigenvalue weighted by Crippen LogP contribution is -2.38. The van der Waals surface area contributed by atoms with Gasteiger partial charge in [0.2, 0.25) is 0 Å². The summed E-state index contributed by atoms with van der Waals surface area (Å²) in [5.41, 5.74) is 1.16. The third-order valence-electron chi connectivity index (χ3n) is 3.52. The fourth-order valence-electron chi connectivity index (χ4n) is 2.50. The third kappa shape index (κ3) is 3.29. The number of rotatable bonds is 4. The average molecular weight is 238 g/mol. The molecule has 2 unspecified atom stereocenters. The molecule has 1 aromatic heterocycles. The maximum Gasteiger partial charge on any atom is 0.0940 e. The average Bonchev–Trinajstić information content (AvgIpc) is 2.67. The highest BCUT2D eigenvalue weighted by Gasteiger charge is 2.20. The molecule has 1 fully saturated rings. The van der Waals surface area contributed by atoms with E-state index in [9.17, 15) is 0 Å². The molecule has 3 heteroatoms. The van der Waals surface area contributed by atoms with E-state index in [-0.39, 0.29) is 0 Å². The van der Waals surface area contributed by atoms with Crippen molar-refractivity contribution in [3.8, 4) is 0 Å². The first-order valence-corrected chi connectivity index (χ1v) is 7.28. The maximum absolute atomic E-state index is 4.49. The van der Waals surface area contributed by atoms with Gasteiger partial charge in [-0.1, -0.05) is 19.8 Å². The van der Waals surface area contributed by atoms with Gasteiger partial charge in [-0.2, -0.15) is 0 Å². The van der Waals surface area contributed by atoms with Crippen molar-refractivity contribution in [3.63, 3.8) is 0 Å². The predicted molar refractivity (Wildman–Crippen MR) is 70.0 cm³/mol. The van der Waals surface area contributed by atoms with Crippen molar-refractivity contribution in [1.82, 2.24) is 10.3 Å². The second-order valence-corrected chi connectivity index (χ2v) is 5.90. The van der Waals surface area contributed by atoms with Crippen LogP contribution in [0.3, 0.4) is 0 Å². The standard InChI is InChI=1S/C13H22N2S/c1-10-5-3-4-6-12(10)14-8-7-13-15-11(2)9-16-13/h9-10,12,14H,3-8H2,1-2H3. The summed E-state index contributed by atoms with van der Waals surface area (Å²) in [4.78, 5) is 4.49. The van der Waals surface area contributed by atoms with Crippen LogP contribution < -0.4 is 5.32 Å². The molecule has 2 atom stereocenters. The van der Waals surface area contributed by atoms with E-state index in [0.717, 1.165) is 30.6 Å². The lowest BCUT2D eigenvalue weighted by molar-refractivity contribution is 0.282. The van der Waals surface area contributed by atoms with Gasteiger partial charge >= 0.3 is 0 Å². The molecule has 0 aliphatic heterocycles. The van der Waals surface area contributed by atoms with Crippen LogP contribution in [-0.2, 0) is 6.42 Å². The summed E-state index contributed by atoms with van der Waals surface area (Å²) in [6, 6.07) is 0.745. The Bertz CT molecular complexity index is 321. The minimum Gasteiger partial charge on any atom is -0.313 e. The molecule has 0 spiro atoms. The van der Waals surface area contributed by atoms with Crippen molar-refractivity contribution < 1.29 is 0 Å². The van der Waals surface area contributed by atoms with Crippen molar-refractivity contribution in [2.24, 2.45) is 5.92 Å². The van der Waals surface area contributed by atoms with Crippen LogP contribution in [0.5, 0.6) is 0 Å². The second-order valence-electron chi connectivity index (χ2n) is 4.95. The van der Waals surface area contributed by atoms with Gasteiger partial charge in [-0.15, -0.1) is 11.3 Å². The zero-order valence-electron chi connectivity index (χ0n) is 10.3. The first kappa shape index (κ1) is 12.1. The van der Waals surface area contributed by atoms with Crippen LogP contribution in [0.2, 0.25) is 0 Å². The van der Waals surface area contributed by atoms with Crippen LogP contribution in [0.25, 0.3) is 0 Å².